The molecule has 1 aromatic carbocycles. The van der Waals surface area contributed by atoms with Crippen molar-refractivity contribution in [2.75, 3.05) is 31.8 Å². The van der Waals surface area contributed by atoms with Crippen molar-refractivity contribution in [2.45, 2.75) is 61.6 Å². The van der Waals surface area contributed by atoms with Crippen molar-refractivity contribution < 1.29 is 29.0 Å². The van der Waals surface area contributed by atoms with E-state index >= 15 is 0 Å². The quantitative estimate of drug-likeness (QED) is 0.309. The number of fused-ring (bicyclic) bond motifs is 1. The van der Waals surface area contributed by atoms with Crippen molar-refractivity contribution >= 4 is 35.2 Å². The summed E-state index contributed by atoms with van der Waals surface area (Å²) in [6.07, 6.45) is 5.01. The molecule has 3 heterocycles. The molecule has 0 aliphatic carbocycles. The van der Waals surface area contributed by atoms with Crippen LogP contribution < -0.4 is 9.64 Å². The molecule has 3 fully saturated rings. The Hall–Kier alpha value is -2.78. The third-order valence-electron chi connectivity index (χ3n) is 8.36. The van der Waals surface area contributed by atoms with E-state index in [0.717, 1.165) is 0 Å². The molecule has 2 bridgehead atoms. The molecule has 1 aromatic rings. The van der Waals surface area contributed by atoms with Crippen molar-refractivity contribution in [3.05, 3.63) is 49.6 Å². The molecule has 0 radical (unpaired) electrons. The number of nitrogens with zero attached hydrogens (tertiary/aromatic N) is 2. The predicted octanol–water partition coefficient (Wildman–Crippen LogP) is 3.83. The van der Waals surface area contributed by atoms with Gasteiger partial charge in [0.25, 0.3) is 5.91 Å². The SMILES string of the molecule is C=CCOC(=O)[C@@H]1[C@H]2C(=O)N([C@@H](CO)CC(C)C)C(C(=O)N(CC=C)c3ccc(OC)cc3)C23CC[C@@]1(C)S3. The van der Waals surface area contributed by atoms with Gasteiger partial charge in [-0.15, -0.1) is 18.3 Å². The number of carbonyl (C=O) groups excluding carboxylic acids is 3. The van der Waals surface area contributed by atoms with Gasteiger partial charge in [0, 0.05) is 17.0 Å². The molecule has 1 spiro atoms. The van der Waals surface area contributed by atoms with Crippen LogP contribution in [0.2, 0.25) is 0 Å². The standard InChI is InChI=1S/C30H40N2O6S/c1-7-15-31(20-9-11-22(37-6)12-10-20)27(35)25-30-14-13-29(5,39-30)24(28(36)38-16-8-2)23(30)26(34)32(25)21(18-33)17-19(3)4/h7-12,19,21,23-25,33H,1-2,13-18H2,3-6H3/t21-,23+,24+,25?,29-,30?/m1/s1. The Bertz CT molecular complexity index is 1120. The number of likely N-dealkylation sites (tertiary alicyclic amines) is 1. The molecule has 8 nitrogen and oxygen atoms in total. The highest BCUT2D eigenvalue weighted by Crippen LogP contribution is 2.72. The van der Waals surface area contributed by atoms with Gasteiger partial charge in [-0.25, -0.2) is 0 Å². The van der Waals surface area contributed by atoms with Gasteiger partial charge in [-0.05, 0) is 56.4 Å². The van der Waals surface area contributed by atoms with Crippen molar-refractivity contribution in [3.8, 4) is 5.75 Å². The number of amides is 2. The van der Waals surface area contributed by atoms with E-state index in [4.69, 9.17) is 9.47 Å². The number of hydrogen-bond donors (Lipinski definition) is 1. The molecule has 6 atom stereocenters. The van der Waals surface area contributed by atoms with Crippen molar-refractivity contribution in [1.29, 1.82) is 0 Å². The number of thioether (sulfide) groups is 1. The minimum absolute atomic E-state index is 0.0628. The number of hydrogen-bond acceptors (Lipinski definition) is 7. The summed E-state index contributed by atoms with van der Waals surface area (Å²) in [5.74, 6) is -1.47. The summed E-state index contributed by atoms with van der Waals surface area (Å²) in [5.41, 5.74) is 0.656. The molecule has 3 saturated heterocycles. The molecule has 2 unspecified atom stereocenters. The fraction of sp³-hybridized carbons (Fsp3) is 0.567. The number of carbonyl (C=O) groups is 3. The van der Waals surface area contributed by atoms with E-state index in [9.17, 15) is 19.5 Å². The maximum absolute atomic E-state index is 14.7. The smallest absolute Gasteiger partial charge is 0.311 e. The summed E-state index contributed by atoms with van der Waals surface area (Å²) in [6.45, 7) is 13.6. The Morgan fingerprint density at radius 2 is 1.92 bits per heavy atom. The Balaban J connectivity index is 1.83. The average Bonchev–Trinajstić information content (AvgIpc) is 3.49. The molecule has 0 saturated carbocycles. The molecule has 1 N–H and O–H groups in total. The first kappa shape index (κ1) is 29.2. The van der Waals surface area contributed by atoms with E-state index in [-0.39, 0.29) is 37.5 Å². The number of rotatable bonds is 12. The van der Waals surface area contributed by atoms with E-state index in [1.165, 1.54) is 6.08 Å². The number of aliphatic hydroxyl groups excluding tert-OH is 1. The minimum atomic E-state index is -0.850. The Kier molecular flexibility index (Phi) is 8.52. The molecular formula is C30H40N2O6S. The second-order valence-electron chi connectivity index (χ2n) is 11.3. The predicted molar refractivity (Wildman–Crippen MR) is 153 cm³/mol. The average molecular weight is 557 g/mol. The van der Waals surface area contributed by atoms with Gasteiger partial charge >= 0.3 is 5.97 Å². The number of benzene rings is 1. The van der Waals surface area contributed by atoms with Crippen molar-refractivity contribution in [3.63, 3.8) is 0 Å². The van der Waals surface area contributed by atoms with Gasteiger partial charge in [0.1, 0.15) is 18.4 Å². The number of methoxy groups -OCH3 is 1. The van der Waals surface area contributed by atoms with Gasteiger partial charge < -0.3 is 24.4 Å². The highest BCUT2D eigenvalue weighted by atomic mass is 32.2. The summed E-state index contributed by atoms with van der Waals surface area (Å²) in [7, 11) is 1.58. The molecule has 39 heavy (non-hydrogen) atoms. The van der Waals surface area contributed by atoms with E-state index in [2.05, 4.69) is 13.2 Å². The van der Waals surface area contributed by atoms with Gasteiger partial charge in [-0.3, -0.25) is 14.4 Å². The van der Waals surface area contributed by atoms with E-state index < -0.39 is 39.4 Å². The minimum Gasteiger partial charge on any atom is -0.497 e. The molecule has 2 amide bonds. The Labute approximate surface area is 235 Å². The van der Waals surface area contributed by atoms with Gasteiger partial charge in [-0.1, -0.05) is 32.6 Å². The zero-order valence-corrected chi connectivity index (χ0v) is 24.1. The first-order valence-electron chi connectivity index (χ1n) is 13.6. The molecule has 4 rings (SSSR count). The van der Waals surface area contributed by atoms with E-state index in [1.54, 1.807) is 46.9 Å². The van der Waals surface area contributed by atoms with Crippen LogP contribution in [0.15, 0.2) is 49.6 Å². The second-order valence-corrected chi connectivity index (χ2v) is 13.2. The van der Waals surface area contributed by atoms with E-state index in [0.29, 0.717) is 30.7 Å². The molecule has 3 aliphatic heterocycles. The van der Waals surface area contributed by atoms with E-state index in [1.807, 2.05) is 32.9 Å². The lowest BCUT2D eigenvalue weighted by Gasteiger charge is -2.40. The third kappa shape index (κ3) is 4.88. The van der Waals surface area contributed by atoms with Crippen molar-refractivity contribution in [2.24, 2.45) is 17.8 Å². The van der Waals surface area contributed by atoms with Crippen LogP contribution in [0.25, 0.3) is 0 Å². The maximum Gasteiger partial charge on any atom is 0.311 e. The van der Waals surface area contributed by atoms with Gasteiger partial charge in [-0.2, -0.15) is 0 Å². The Morgan fingerprint density at radius 1 is 1.23 bits per heavy atom. The van der Waals surface area contributed by atoms with Gasteiger partial charge in [0.15, 0.2) is 0 Å². The maximum atomic E-state index is 14.7. The Morgan fingerprint density at radius 3 is 2.49 bits per heavy atom. The summed E-state index contributed by atoms with van der Waals surface area (Å²) in [6, 6.07) is 5.79. The number of aliphatic hydroxyl groups is 1. The fourth-order valence-electron chi connectivity index (χ4n) is 6.81. The highest BCUT2D eigenvalue weighted by molar-refractivity contribution is 8.02. The zero-order valence-electron chi connectivity index (χ0n) is 23.3. The van der Waals surface area contributed by atoms with Crippen LogP contribution in [0, 0.1) is 17.8 Å². The monoisotopic (exact) mass is 556 g/mol. The summed E-state index contributed by atoms with van der Waals surface area (Å²) < 4.78 is 9.45. The summed E-state index contributed by atoms with van der Waals surface area (Å²) in [5, 5.41) is 10.5. The molecular weight excluding hydrogens is 516 g/mol. The van der Waals surface area contributed by atoms with Crippen LogP contribution >= 0.6 is 11.8 Å². The molecule has 0 aromatic heterocycles. The van der Waals surface area contributed by atoms with Gasteiger partial charge in [0.2, 0.25) is 5.91 Å². The first-order valence-corrected chi connectivity index (χ1v) is 14.4. The van der Waals surface area contributed by atoms with Crippen LogP contribution in [-0.2, 0) is 19.1 Å². The topological polar surface area (TPSA) is 96.4 Å². The summed E-state index contributed by atoms with van der Waals surface area (Å²) in [4.78, 5) is 45.7. The van der Waals surface area contributed by atoms with Gasteiger partial charge in [0.05, 0.1) is 36.3 Å². The van der Waals surface area contributed by atoms with Crippen molar-refractivity contribution in [1.82, 2.24) is 4.90 Å². The lowest BCUT2D eigenvalue weighted by molar-refractivity contribution is -0.155. The summed E-state index contributed by atoms with van der Waals surface area (Å²) >= 11 is 1.59. The number of ether oxygens (including phenoxy) is 2. The fourth-order valence-corrected chi connectivity index (χ4v) is 9.13. The largest absolute Gasteiger partial charge is 0.497 e. The van der Waals surface area contributed by atoms with Crippen LogP contribution in [-0.4, -0.2) is 76.2 Å². The van der Waals surface area contributed by atoms with Crippen LogP contribution in [0.1, 0.15) is 40.0 Å². The number of esters is 1. The molecule has 212 valence electrons. The second kappa shape index (κ2) is 11.4. The highest BCUT2D eigenvalue weighted by Gasteiger charge is 2.78. The van der Waals surface area contributed by atoms with Crippen LogP contribution in [0.4, 0.5) is 5.69 Å². The van der Waals surface area contributed by atoms with Crippen LogP contribution in [0.5, 0.6) is 5.75 Å². The molecule has 9 heteroatoms. The normalized spacial score (nSPS) is 29.7. The van der Waals surface area contributed by atoms with Crippen LogP contribution in [0.3, 0.4) is 0 Å². The number of anilines is 1. The zero-order chi connectivity index (χ0) is 28.5. The first-order chi connectivity index (χ1) is 18.6. The lowest BCUT2D eigenvalue weighted by atomic mass is 9.66. The lowest BCUT2D eigenvalue weighted by Crippen LogP contribution is -2.57. The third-order valence-corrected chi connectivity index (χ3v) is 10.3. The molecule has 3 aliphatic rings.